The van der Waals surface area contributed by atoms with Crippen molar-refractivity contribution < 1.29 is 14.6 Å². The Kier molecular flexibility index (Phi) is 2.12. The third kappa shape index (κ3) is 1.43. The average molecular weight is 266 g/mol. The van der Waals surface area contributed by atoms with Gasteiger partial charge in [-0.05, 0) is 24.3 Å². The Balaban J connectivity index is 2.02. The fourth-order valence-corrected chi connectivity index (χ4v) is 2.60. The number of carboxylic acids is 1. The first-order chi connectivity index (χ1) is 9.74. The molecular weight excluding hydrogens is 256 g/mol. The SMILES string of the molecule is O=C(O)c1c[nH]c2ccc3c(c12)C=C1C=CC=NC1O3. The smallest absolute Gasteiger partial charge is 0.337 e. The average Bonchev–Trinajstić information content (AvgIpc) is 2.89. The van der Waals surface area contributed by atoms with Crippen molar-refractivity contribution in [2.45, 2.75) is 6.23 Å². The maximum absolute atomic E-state index is 11.3. The molecule has 0 bridgehead atoms. The molecule has 4 rings (SSSR count). The van der Waals surface area contributed by atoms with Crippen molar-refractivity contribution in [1.82, 2.24) is 4.98 Å². The van der Waals surface area contributed by atoms with Gasteiger partial charge in [0.05, 0.1) is 5.56 Å². The number of nitrogens with one attached hydrogen (secondary N) is 1. The Morgan fingerprint density at radius 3 is 3.15 bits per heavy atom. The van der Waals surface area contributed by atoms with E-state index in [4.69, 9.17) is 4.74 Å². The van der Waals surface area contributed by atoms with Crippen molar-refractivity contribution in [1.29, 1.82) is 0 Å². The number of benzene rings is 1. The lowest BCUT2D eigenvalue weighted by Gasteiger charge is -2.24. The molecule has 0 spiro atoms. The number of nitrogens with zero attached hydrogens (tertiary/aromatic N) is 1. The number of allylic oxidation sites excluding steroid dienone is 1. The molecular formula is C15H10N2O3. The molecule has 3 heterocycles. The number of aliphatic imine (C=N–C) groups is 1. The zero-order valence-corrected chi connectivity index (χ0v) is 10.3. The zero-order chi connectivity index (χ0) is 13.7. The van der Waals surface area contributed by atoms with Crippen molar-refractivity contribution in [2.75, 3.05) is 0 Å². The summed E-state index contributed by atoms with van der Waals surface area (Å²) in [5, 5.41) is 9.96. The van der Waals surface area contributed by atoms with Crippen molar-refractivity contribution >= 4 is 29.2 Å². The zero-order valence-electron chi connectivity index (χ0n) is 10.3. The van der Waals surface area contributed by atoms with E-state index >= 15 is 0 Å². The lowest BCUT2D eigenvalue weighted by Crippen LogP contribution is -2.21. The predicted molar refractivity (Wildman–Crippen MR) is 75.3 cm³/mol. The molecule has 1 unspecified atom stereocenters. The van der Waals surface area contributed by atoms with Gasteiger partial charge in [-0.25, -0.2) is 9.79 Å². The van der Waals surface area contributed by atoms with Gasteiger partial charge >= 0.3 is 5.97 Å². The van der Waals surface area contributed by atoms with Crippen LogP contribution in [0.4, 0.5) is 0 Å². The molecule has 1 aromatic heterocycles. The molecule has 0 fully saturated rings. The van der Waals surface area contributed by atoms with Gasteiger partial charge in [0.2, 0.25) is 6.23 Å². The van der Waals surface area contributed by atoms with Crippen LogP contribution in [0.2, 0.25) is 0 Å². The van der Waals surface area contributed by atoms with Gasteiger partial charge in [0, 0.05) is 34.5 Å². The Bertz CT molecular complexity index is 827. The molecule has 5 nitrogen and oxygen atoms in total. The summed E-state index contributed by atoms with van der Waals surface area (Å²) in [7, 11) is 0. The summed E-state index contributed by atoms with van der Waals surface area (Å²) >= 11 is 0. The van der Waals surface area contributed by atoms with E-state index in [9.17, 15) is 9.90 Å². The van der Waals surface area contributed by atoms with Gasteiger partial charge in [-0.2, -0.15) is 0 Å². The number of hydrogen-bond acceptors (Lipinski definition) is 3. The summed E-state index contributed by atoms with van der Waals surface area (Å²) in [4.78, 5) is 18.6. The number of hydrogen-bond donors (Lipinski definition) is 2. The number of rotatable bonds is 1. The molecule has 0 amide bonds. The first-order valence-corrected chi connectivity index (χ1v) is 6.19. The third-order valence-electron chi connectivity index (χ3n) is 3.51. The molecule has 20 heavy (non-hydrogen) atoms. The minimum atomic E-state index is -0.956. The fourth-order valence-electron chi connectivity index (χ4n) is 2.60. The molecule has 2 aliphatic heterocycles. The molecule has 2 N–H and O–H groups in total. The highest BCUT2D eigenvalue weighted by Crippen LogP contribution is 2.37. The summed E-state index contributed by atoms with van der Waals surface area (Å²) < 4.78 is 5.82. The fraction of sp³-hybridized carbons (Fsp3) is 0.0667. The number of dihydropyridines is 1. The highest BCUT2D eigenvalue weighted by molar-refractivity contribution is 6.08. The maximum Gasteiger partial charge on any atom is 0.337 e. The number of aromatic nitrogens is 1. The number of H-pyrrole nitrogens is 1. The van der Waals surface area contributed by atoms with E-state index < -0.39 is 5.97 Å². The maximum atomic E-state index is 11.3. The monoisotopic (exact) mass is 266 g/mol. The van der Waals surface area contributed by atoms with Gasteiger partial charge in [-0.1, -0.05) is 6.08 Å². The first kappa shape index (κ1) is 11.0. The number of carboxylic acid groups (broad SMARTS) is 1. The van der Waals surface area contributed by atoms with Crippen molar-refractivity contribution in [3.63, 3.8) is 0 Å². The highest BCUT2D eigenvalue weighted by Gasteiger charge is 2.25. The van der Waals surface area contributed by atoms with E-state index in [2.05, 4.69) is 9.98 Å². The molecule has 1 atom stereocenters. The van der Waals surface area contributed by atoms with E-state index in [-0.39, 0.29) is 11.8 Å². The molecule has 0 radical (unpaired) electrons. The van der Waals surface area contributed by atoms with Crippen LogP contribution in [0.1, 0.15) is 15.9 Å². The van der Waals surface area contributed by atoms with Crippen LogP contribution in [-0.4, -0.2) is 28.5 Å². The summed E-state index contributed by atoms with van der Waals surface area (Å²) in [5.74, 6) is -0.303. The van der Waals surface area contributed by atoms with Crippen molar-refractivity contribution in [2.24, 2.45) is 4.99 Å². The lowest BCUT2D eigenvalue weighted by molar-refractivity contribution is 0.0699. The molecule has 0 saturated heterocycles. The number of carbonyl (C=O) groups is 1. The summed E-state index contributed by atoms with van der Waals surface area (Å²) in [6.07, 6.45) is 8.58. The highest BCUT2D eigenvalue weighted by atomic mass is 16.5. The van der Waals surface area contributed by atoms with Crippen LogP contribution in [0, 0.1) is 0 Å². The molecule has 1 aromatic carbocycles. The van der Waals surface area contributed by atoms with E-state index in [1.54, 1.807) is 6.21 Å². The number of ether oxygens (including phenoxy) is 1. The Hall–Kier alpha value is -2.82. The van der Waals surface area contributed by atoms with E-state index in [1.165, 1.54) is 6.20 Å². The second-order valence-corrected chi connectivity index (χ2v) is 4.68. The van der Waals surface area contributed by atoms with Gasteiger partial charge in [0.1, 0.15) is 5.75 Å². The molecule has 2 aromatic rings. The van der Waals surface area contributed by atoms with Crippen LogP contribution in [-0.2, 0) is 0 Å². The molecule has 0 saturated carbocycles. The third-order valence-corrected chi connectivity index (χ3v) is 3.51. The Morgan fingerprint density at radius 2 is 2.30 bits per heavy atom. The summed E-state index contributed by atoms with van der Waals surface area (Å²) in [6, 6.07) is 3.66. The van der Waals surface area contributed by atoms with Gasteiger partial charge < -0.3 is 14.8 Å². The number of aromatic carboxylic acids is 1. The molecule has 98 valence electrons. The topological polar surface area (TPSA) is 74.7 Å². The summed E-state index contributed by atoms with van der Waals surface area (Å²) in [5.41, 5.74) is 2.74. The second kappa shape index (κ2) is 3.84. The standard InChI is InChI=1S/C15H10N2O3/c18-15(19)10-7-17-11-3-4-12-9(13(10)11)6-8-2-1-5-16-14(8)20-12/h1-7,14,17H,(H,18,19). The van der Waals surface area contributed by atoms with Crippen LogP contribution >= 0.6 is 0 Å². The summed E-state index contributed by atoms with van der Waals surface area (Å²) in [6.45, 7) is 0. The molecule has 2 aliphatic rings. The van der Waals surface area contributed by atoms with Crippen LogP contribution in [0.15, 0.2) is 41.0 Å². The normalized spacial score (nSPS) is 19.2. The van der Waals surface area contributed by atoms with E-state index in [1.807, 2.05) is 30.4 Å². The molecule has 0 aliphatic carbocycles. The Labute approximate surface area is 113 Å². The number of fused-ring (bicyclic) bond motifs is 4. The number of aromatic amines is 1. The quantitative estimate of drug-likeness (QED) is 0.833. The minimum absolute atomic E-state index is 0.249. The second-order valence-electron chi connectivity index (χ2n) is 4.68. The van der Waals surface area contributed by atoms with Crippen LogP contribution in [0.5, 0.6) is 5.75 Å². The predicted octanol–water partition coefficient (Wildman–Crippen LogP) is 2.61. The van der Waals surface area contributed by atoms with Crippen molar-refractivity contribution in [3.8, 4) is 5.75 Å². The first-order valence-electron chi connectivity index (χ1n) is 6.19. The van der Waals surface area contributed by atoms with Crippen LogP contribution in [0.25, 0.3) is 17.0 Å². The van der Waals surface area contributed by atoms with Gasteiger partial charge in [0.25, 0.3) is 0 Å². The minimum Gasteiger partial charge on any atom is -0.478 e. The van der Waals surface area contributed by atoms with Gasteiger partial charge in [-0.3, -0.25) is 0 Å². The lowest BCUT2D eigenvalue weighted by atomic mass is 9.99. The largest absolute Gasteiger partial charge is 0.478 e. The molecule has 5 heteroatoms. The van der Waals surface area contributed by atoms with E-state index in [0.717, 1.165) is 16.7 Å². The van der Waals surface area contributed by atoms with Crippen LogP contribution in [0.3, 0.4) is 0 Å². The van der Waals surface area contributed by atoms with Crippen LogP contribution < -0.4 is 4.74 Å². The van der Waals surface area contributed by atoms with Gasteiger partial charge in [-0.15, -0.1) is 0 Å². The van der Waals surface area contributed by atoms with Crippen molar-refractivity contribution in [3.05, 3.63) is 47.2 Å². The van der Waals surface area contributed by atoms with Gasteiger partial charge in [0.15, 0.2) is 0 Å². The van der Waals surface area contributed by atoms with E-state index in [0.29, 0.717) is 11.1 Å². The Morgan fingerprint density at radius 1 is 1.40 bits per heavy atom.